The number of methoxy groups -OCH3 is 1. The average Bonchev–Trinajstić information content (AvgIpc) is 2.96. The molecule has 0 aliphatic heterocycles. The van der Waals surface area contributed by atoms with E-state index < -0.39 is 24.2 Å². The largest absolute Gasteiger partial charge is 0.497 e. The number of hydrogen-bond donors (Lipinski definition) is 3. The van der Waals surface area contributed by atoms with E-state index in [4.69, 9.17) is 10.00 Å². The third kappa shape index (κ3) is 3.54. The van der Waals surface area contributed by atoms with Crippen LogP contribution >= 0.6 is 0 Å². The number of nitrogens with zero attached hydrogens (tertiary/aromatic N) is 1. The van der Waals surface area contributed by atoms with Crippen LogP contribution in [0, 0.1) is 11.3 Å². The molecule has 0 saturated heterocycles. The lowest BCUT2D eigenvalue weighted by atomic mass is 9.93. The monoisotopic (exact) mass is 352 g/mol. The van der Waals surface area contributed by atoms with Gasteiger partial charge in [0, 0.05) is 11.5 Å². The predicted octanol–water partition coefficient (Wildman–Crippen LogP) is 1.57. The molecule has 3 rings (SSSR count). The van der Waals surface area contributed by atoms with Gasteiger partial charge >= 0.3 is 0 Å². The molecule has 0 aromatic heterocycles. The van der Waals surface area contributed by atoms with Gasteiger partial charge in [-0.3, -0.25) is 4.79 Å². The molecule has 0 heterocycles. The van der Waals surface area contributed by atoms with E-state index in [2.05, 4.69) is 5.32 Å². The Hall–Kier alpha value is -2.88. The van der Waals surface area contributed by atoms with E-state index in [1.54, 1.807) is 25.3 Å². The van der Waals surface area contributed by atoms with Gasteiger partial charge in [-0.1, -0.05) is 18.2 Å². The van der Waals surface area contributed by atoms with Crippen LogP contribution < -0.4 is 10.1 Å². The van der Waals surface area contributed by atoms with E-state index in [0.717, 1.165) is 5.56 Å². The SMILES string of the molecule is COc1ccc([C@H]2C[C@@H](O)[C@@H](O)[C@@H]2NC(=O)c2cccc(C#N)c2)cc1. The molecule has 2 aromatic rings. The van der Waals surface area contributed by atoms with E-state index in [-0.39, 0.29) is 5.92 Å². The number of benzene rings is 2. The lowest BCUT2D eigenvalue weighted by Gasteiger charge is -2.24. The van der Waals surface area contributed by atoms with E-state index in [1.165, 1.54) is 6.07 Å². The maximum absolute atomic E-state index is 12.6. The molecule has 3 N–H and O–H groups in total. The van der Waals surface area contributed by atoms with Crippen molar-refractivity contribution in [3.8, 4) is 11.8 Å². The number of ether oxygens (including phenoxy) is 1. The first kappa shape index (κ1) is 17.9. The molecule has 0 bridgehead atoms. The van der Waals surface area contributed by atoms with Gasteiger partial charge in [-0.15, -0.1) is 0 Å². The number of nitrogens with one attached hydrogen (secondary N) is 1. The molecular formula is C20H20N2O4. The highest BCUT2D eigenvalue weighted by atomic mass is 16.5. The van der Waals surface area contributed by atoms with Gasteiger partial charge < -0.3 is 20.3 Å². The molecule has 0 unspecified atom stereocenters. The summed E-state index contributed by atoms with van der Waals surface area (Å²) in [4.78, 5) is 12.6. The molecule has 0 spiro atoms. The smallest absolute Gasteiger partial charge is 0.251 e. The summed E-state index contributed by atoms with van der Waals surface area (Å²) in [6.45, 7) is 0. The molecule has 6 heteroatoms. The lowest BCUT2D eigenvalue weighted by Crippen LogP contribution is -2.45. The van der Waals surface area contributed by atoms with Crippen LogP contribution in [-0.2, 0) is 0 Å². The first-order valence-electron chi connectivity index (χ1n) is 8.34. The van der Waals surface area contributed by atoms with Gasteiger partial charge in [0.15, 0.2) is 0 Å². The lowest BCUT2D eigenvalue weighted by molar-refractivity contribution is 0.0294. The molecule has 0 radical (unpaired) electrons. The molecule has 2 aromatic carbocycles. The fraction of sp³-hybridized carbons (Fsp3) is 0.300. The van der Waals surface area contributed by atoms with Gasteiger partial charge in [-0.2, -0.15) is 5.26 Å². The Morgan fingerprint density at radius 1 is 1.23 bits per heavy atom. The summed E-state index contributed by atoms with van der Waals surface area (Å²) in [5.41, 5.74) is 1.62. The molecular weight excluding hydrogens is 332 g/mol. The Morgan fingerprint density at radius 2 is 1.96 bits per heavy atom. The summed E-state index contributed by atoms with van der Waals surface area (Å²) in [6, 6.07) is 15.1. The number of nitriles is 1. The topological polar surface area (TPSA) is 103 Å². The Bertz CT molecular complexity index is 828. The van der Waals surface area contributed by atoms with Gasteiger partial charge in [0.25, 0.3) is 5.91 Å². The fourth-order valence-electron chi connectivity index (χ4n) is 3.37. The minimum absolute atomic E-state index is 0.228. The van der Waals surface area contributed by atoms with Gasteiger partial charge in [-0.05, 0) is 42.3 Å². The number of aliphatic hydroxyl groups is 2. The number of hydrogen-bond acceptors (Lipinski definition) is 5. The number of carbonyl (C=O) groups is 1. The standard InChI is InChI=1S/C20H20N2O4/c1-26-15-7-5-13(6-8-15)16-10-17(23)19(24)18(16)22-20(25)14-4-2-3-12(9-14)11-21/h2-9,16-19,23-24H,10H2,1H3,(H,22,25)/t16-,17-,18-,19-/m1/s1. The van der Waals surface area contributed by atoms with Crippen LogP contribution in [0.3, 0.4) is 0 Å². The van der Waals surface area contributed by atoms with E-state index in [1.807, 2.05) is 30.3 Å². The summed E-state index contributed by atoms with van der Waals surface area (Å²) < 4.78 is 5.15. The van der Waals surface area contributed by atoms with Crippen LogP contribution in [-0.4, -0.2) is 41.5 Å². The summed E-state index contributed by atoms with van der Waals surface area (Å²) in [5, 5.41) is 32.2. The molecule has 1 fully saturated rings. The second-order valence-electron chi connectivity index (χ2n) is 6.37. The predicted molar refractivity (Wildman–Crippen MR) is 94.8 cm³/mol. The Balaban J connectivity index is 1.82. The molecule has 1 aliphatic rings. The molecule has 26 heavy (non-hydrogen) atoms. The zero-order valence-electron chi connectivity index (χ0n) is 14.3. The van der Waals surface area contributed by atoms with Crippen molar-refractivity contribution in [2.75, 3.05) is 7.11 Å². The average molecular weight is 352 g/mol. The second-order valence-corrected chi connectivity index (χ2v) is 6.37. The number of amides is 1. The maximum atomic E-state index is 12.6. The summed E-state index contributed by atoms with van der Waals surface area (Å²) in [6.07, 6.45) is -1.64. The van der Waals surface area contributed by atoms with E-state index in [0.29, 0.717) is 23.3 Å². The normalized spacial score (nSPS) is 24.7. The molecule has 6 nitrogen and oxygen atoms in total. The first-order chi connectivity index (χ1) is 12.5. The third-order valence-corrected chi connectivity index (χ3v) is 4.79. The number of rotatable bonds is 4. The van der Waals surface area contributed by atoms with Gasteiger partial charge in [-0.25, -0.2) is 0 Å². The maximum Gasteiger partial charge on any atom is 0.251 e. The van der Waals surface area contributed by atoms with Crippen molar-refractivity contribution in [1.82, 2.24) is 5.32 Å². The van der Waals surface area contributed by atoms with Crippen molar-refractivity contribution >= 4 is 5.91 Å². The molecule has 4 atom stereocenters. The van der Waals surface area contributed by atoms with E-state index in [9.17, 15) is 15.0 Å². The van der Waals surface area contributed by atoms with Crippen LogP contribution in [0.5, 0.6) is 5.75 Å². The summed E-state index contributed by atoms with van der Waals surface area (Å²) in [7, 11) is 1.58. The first-order valence-corrected chi connectivity index (χ1v) is 8.34. The second kappa shape index (κ2) is 7.56. The summed E-state index contributed by atoms with van der Waals surface area (Å²) in [5.74, 6) is 0.0921. The highest BCUT2D eigenvalue weighted by Crippen LogP contribution is 2.36. The zero-order valence-corrected chi connectivity index (χ0v) is 14.3. The highest BCUT2D eigenvalue weighted by Gasteiger charge is 2.43. The van der Waals surface area contributed by atoms with Crippen molar-refractivity contribution in [2.24, 2.45) is 0 Å². The highest BCUT2D eigenvalue weighted by molar-refractivity contribution is 5.94. The van der Waals surface area contributed by atoms with Crippen LogP contribution in [0.15, 0.2) is 48.5 Å². The van der Waals surface area contributed by atoms with Crippen LogP contribution in [0.2, 0.25) is 0 Å². The van der Waals surface area contributed by atoms with Crippen LogP contribution in [0.4, 0.5) is 0 Å². The molecule has 1 amide bonds. The Morgan fingerprint density at radius 3 is 2.62 bits per heavy atom. The zero-order chi connectivity index (χ0) is 18.7. The van der Waals surface area contributed by atoms with Crippen LogP contribution in [0.25, 0.3) is 0 Å². The van der Waals surface area contributed by atoms with Gasteiger partial charge in [0.05, 0.1) is 30.9 Å². The van der Waals surface area contributed by atoms with Crippen molar-refractivity contribution in [3.05, 3.63) is 65.2 Å². The summed E-state index contributed by atoms with van der Waals surface area (Å²) >= 11 is 0. The fourth-order valence-corrected chi connectivity index (χ4v) is 3.37. The minimum atomic E-state index is -1.06. The minimum Gasteiger partial charge on any atom is -0.497 e. The Labute approximate surface area is 151 Å². The number of carbonyl (C=O) groups excluding carboxylic acids is 1. The van der Waals surface area contributed by atoms with Crippen molar-refractivity contribution in [1.29, 1.82) is 5.26 Å². The van der Waals surface area contributed by atoms with Crippen LogP contribution in [0.1, 0.15) is 33.8 Å². The third-order valence-electron chi connectivity index (χ3n) is 4.79. The molecule has 1 saturated carbocycles. The van der Waals surface area contributed by atoms with Gasteiger partial charge in [0.1, 0.15) is 11.9 Å². The number of aliphatic hydroxyl groups excluding tert-OH is 2. The van der Waals surface area contributed by atoms with Crippen molar-refractivity contribution < 1.29 is 19.7 Å². The quantitative estimate of drug-likeness (QED) is 0.775. The van der Waals surface area contributed by atoms with E-state index >= 15 is 0 Å². The van der Waals surface area contributed by atoms with Crippen molar-refractivity contribution in [3.63, 3.8) is 0 Å². The Kier molecular flexibility index (Phi) is 5.21. The van der Waals surface area contributed by atoms with Gasteiger partial charge in [0.2, 0.25) is 0 Å². The molecule has 1 aliphatic carbocycles. The molecule has 134 valence electrons. The van der Waals surface area contributed by atoms with Crippen molar-refractivity contribution in [2.45, 2.75) is 30.6 Å².